The van der Waals surface area contributed by atoms with Gasteiger partial charge in [-0.25, -0.2) is 0 Å². The maximum absolute atomic E-state index is 12.6. The van der Waals surface area contributed by atoms with E-state index in [9.17, 15) is 4.79 Å². The van der Waals surface area contributed by atoms with Crippen molar-refractivity contribution >= 4 is 33.0 Å². The van der Waals surface area contributed by atoms with E-state index in [1.165, 1.54) is 11.1 Å². The monoisotopic (exact) mass is 322 g/mol. The number of ketones is 1. The number of thiophene rings is 1. The largest absolute Gasteiger partial charge is 0.289 e. The zero-order chi connectivity index (χ0) is 13.4. The van der Waals surface area contributed by atoms with E-state index < -0.39 is 0 Å². The summed E-state index contributed by atoms with van der Waals surface area (Å²) in [6.45, 7) is 8.16. The van der Waals surface area contributed by atoms with Gasteiger partial charge in [0, 0.05) is 16.5 Å². The second-order valence-electron chi connectivity index (χ2n) is 4.60. The standard InChI is InChI=1S/C15H15BrOS/c1-8-5-9(2)11(4)14(10(8)3)15(17)12-6-13(16)18-7-12/h5-7H,1-4H3. The molecule has 18 heavy (non-hydrogen) atoms. The lowest BCUT2D eigenvalue weighted by molar-refractivity contribution is 0.103. The van der Waals surface area contributed by atoms with E-state index in [2.05, 4.69) is 35.8 Å². The Kier molecular flexibility index (Phi) is 3.74. The van der Waals surface area contributed by atoms with Gasteiger partial charge in [-0.05, 0) is 71.9 Å². The maximum atomic E-state index is 12.6. The maximum Gasteiger partial charge on any atom is 0.194 e. The molecule has 0 unspecified atom stereocenters. The Labute approximate surface area is 120 Å². The fourth-order valence-corrected chi connectivity index (χ4v) is 3.27. The predicted octanol–water partition coefficient (Wildman–Crippen LogP) is 4.98. The molecular formula is C15H15BrOS. The Morgan fingerprint density at radius 1 is 1.06 bits per heavy atom. The summed E-state index contributed by atoms with van der Waals surface area (Å²) in [6, 6.07) is 4.04. The molecule has 0 saturated carbocycles. The van der Waals surface area contributed by atoms with E-state index in [1.807, 2.05) is 25.3 Å². The van der Waals surface area contributed by atoms with Crippen molar-refractivity contribution in [3.05, 3.63) is 54.7 Å². The van der Waals surface area contributed by atoms with Crippen LogP contribution in [0.2, 0.25) is 0 Å². The van der Waals surface area contributed by atoms with Gasteiger partial charge in [-0.3, -0.25) is 4.79 Å². The molecule has 2 aromatic rings. The summed E-state index contributed by atoms with van der Waals surface area (Å²) in [5, 5.41) is 1.91. The van der Waals surface area contributed by atoms with E-state index in [-0.39, 0.29) is 5.78 Å². The van der Waals surface area contributed by atoms with Crippen LogP contribution in [-0.4, -0.2) is 5.78 Å². The fourth-order valence-electron chi connectivity index (χ4n) is 2.13. The molecule has 1 nitrogen and oxygen atoms in total. The molecule has 0 fully saturated rings. The topological polar surface area (TPSA) is 17.1 Å². The van der Waals surface area contributed by atoms with Crippen LogP contribution in [0.4, 0.5) is 0 Å². The molecule has 94 valence electrons. The lowest BCUT2D eigenvalue weighted by atomic mass is 9.90. The molecule has 3 heteroatoms. The number of benzene rings is 1. The van der Waals surface area contributed by atoms with Crippen molar-refractivity contribution in [1.82, 2.24) is 0 Å². The van der Waals surface area contributed by atoms with Crippen LogP contribution >= 0.6 is 27.3 Å². The van der Waals surface area contributed by atoms with E-state index in [0.29, 0.717) is 0 Å². The molecule has 0 saturated heterocycles. The van der Waals surface area contributed by atoms with Gasteiger partial charge >= 0.3 is 0 Å². The molecule has 0 N–H and O–H groups in total. The zero-order valence-corrected chi connectivity index (χ0v) is 13.3. The van der Waals surface area contributed by atoms with Crippen LogP contribution in [0.15, 0.2) is 21.3 Å². The predicted molar refractivity (Wildman–Crippen MR) is 80.8 cm³/mol. The molecule has 0 spiro atoms. The highest BCUT2D eigenvalue weighted by atomic mass is 79.9. The van der Waals surface area contributed by atoms with Gasteiger partial charge in [-0.1, -0.05) is 6.07 Å². The second-order valence-corrected chi connectivity index (χ2v) is 6.89. The van der Waals surface area contributed by atoms with Crippen LogP contribution in [0.25, 0.3) is 0 Å². The third kappa shape index (κ3) is 2.29. The first-order valence-corrected chi connectivity index (χ1v) is 7.45. The molecule has 0 amide bonds. The molecule has 0 bridgehead atoms. The number of carbonyl (C=O) groups excluding carboxylic acids is 1. The summed E-state index contributed by atoms with van der Waals surface area (Å²) in [5.74, 6) is 0.124. The van der Waals surface area contributed by atoms with Gasteiger partial charge in [0.15, 0.2) is 5.78 Å². The van der Waals surface area contributed by atoms with E-state index in [0.717, 1.165) is 26.0 Å². The smallest absolute Gasteiger partial charge is 0.194 e. The van der Waals surface area contributed by atoms with Crippen molar-refractivity contribution in [1.29, 1.82) is 0 Å². The van der Waals surface area contributed by atoms with Crippen molar-refractivity contribution < 1.29 is 4.79 Å². The SMILES string of the molecule is Cc1cc(C)c(C)c(C(=O)c2csc(Br)c2)c1C. The molecule has 1 aromatic carbocycles. The molecular weight excluding hydrogens is 308 g/mol. The van der Waals surface area contributed by atoms with Crippen molar-refractivity contribution in [2.24, 2.45) is 0 Å². The minimum absolute atomic E-state index is 0.124. The lowest BCUT2D eigenvalue weighted by Crippen LogP contribution is -2.08. The molecule has 0 aliphatic heterocycles. The Hall–Kier alpha value is -0.930. The van der Waals surface area contributed by atoms with Crippen molar-refractivity contribution in [2.75, 3.05) is 0 Å². The fraction of sp³-hybridized carbons (Fsp3) is 0.267. The third-order valence-corrected chi connectivity index (χ3v) is 4.93. The minimum atomic E-state index is 0.124. The summed E-state index contributed by atoms with van der Waals surface area (Å²) in [4.78, 5) is 12.6. The van der Waals surface area contributed by atoms with Crippen LogP contribution in [0.3, 0.4) is 0 Å². The van der Waals surface area contributed by atoms with Gasteiger partial charge < -0.3 is 0 Å². The van der Waals surface area contributed by atoms with Gasteiger partial charge in [0.2, 0.25) is 0 Å². The van der Waals surface area contributed by atoms with Gasteiger partial charge in [-0.2, -0.15) is 0 Å². The van der Waals surface area contributed by atoms with Crippen LogP contribution < -0.4 is 0 Å². The van der Waals surface area contributed by atoms with Crippen LogP contribution in [-0.2, 0) is 0 Å². The van der Waals surface area contributed by atoms with Gasteiger partial charge in [0.25, 0.3) is 0 Å². The summed E-state index contributed by atoms with van der Waals surface area (Å²) in [7, 11) is 0. The summed E-state index contributed by atoms with van der Waals surface area (Å²) in [6.07, 6.45) is 0. The molecule has 0 radical (unpaired) electrons. The average molecular weight is 323 g/mol. The van der Waals surface area contributed by atoms with Crippen molar-refractivity contribution in [2.45, 2.75) is 27.7 Å². The molecule has 0 aliphatic rings. The second kappa shape index (κ2) is 4.98. The van der Waals surface area contributed by atoms with E-state index in [1.54, 1.807) is 11.3 Å². The van der Waals surface area contributed by atoms with Crippen molar-refractivity contribution in [3.8, 4) is 0 Å². The van der Waals surface area contributed by atoms with Crippen molar-refractivity contribution in [3.63, 3.8) is 0 Å². The first kappa shape index (κ1) is 13.5. The third-order valence-electron chi connectivity index (χ3n) is 3.42. The van der Waals surface area contributed by atoms with E-state index in [4.69, 9.17) is 0 Å². The summed E-state index contributed by atoms with van der Waals surface area (Å²) in [5.41, 5.74) is 6.16. The highest BCUT2D eigenvalue weighted by molar-refractivity contribution is 9.11. The average Bonchev–Trinajstić information content (AvgIpc) is 2.73. The van der Waals surface area contributed by atoms with Gasteiger partial charge in [0.1, 0.15) is 0 Å². The first-order chi connectivity index (χ1) is 8.41. The van der Waals surface area contributed by atoms with Crippen LogP contribution in [0.1, 0.15) is 38.2 Å². The summed E-state index contributed by atoms with van der Waals surface area (Å²) < 4.78 is 0.991. The molecule has 0 aliphatic carbocycles. The number of hydrogen-bond acceptors (Lipinski definition) is 2. The number of aryl methyl sites for hydroxylation is 2. The number of halogens is 1. The number of hydrogen-bond donors (Lipinski definition) is 0. The van der Waals surface area contributed by atoms with Crippen LogP contribution in [0, 0.1) is 27.7 Å². The number of rotatable bonds is 2. The Bertz CT molecular complexity index is 599. The first-order valence-electron chi connectivity index (χ1n) is 5.78. The Balaban J connectivity index is 2.61. The molecule has 0 atom stereocenters. The van der Waals surface area contributed by atoms with Crippen LogP contribution in [0.5, 0.6) is 0 Å². The molecule has 2 rings (SSSR count). The lowest BCUT2D eigenvalue weighted by Gasteiger charge is -2.13. The zero-order valence-electron chi connectivity index (χ0n) is 10.9. The normalized spacial score (nSPS) is 10.7. The summed E-state index contributed by atoms with van der Waals surface area (Å²) >= 11 is 4.95. The number of carbonyl (C=O) groups is 1. The molecule has 1 aromatic heterocycles. The van der Waals surface area contributed by atoms with Gasteiger partial charge in [0.05, 0.1) is 3.79 Å². The Morgan fingerprint density at radius 2 is 1.61 bits per heavy atom. The molecule has 1 heterocycles. The van der Waals surface area contributed by atoms with E-state index >= 15 is 0 Å². The quantitative estimate of drug-likeness (QED) is 0.713. The Morgan fingerprint density at radius 3 is 2.06 bits per heavy atom. The highest BCUT2D eigenvalue weighted by Gasteiger charge is 2.18. The highest BCUT2D eigenvalue weighted by Crippen LogP contribution is 2.27. The van der Waals surface area contributed by atoms with Gasteiger partial charge in [-0.15, -0.1) is 11.3 Å². The minimum Gasteiger partial charge on any atom is -0.289 e.